The Hall–Kier alpha value is -3.08. The first-order chi connectivity index (χ1) is 19.8. The maximum atomic E-state index is 12.5. The lowest BCUT2D eigenvalue weighted by molar-refractivity contribution is 0.233. The summed E-state index contributed by atoms with van der Waals surface area (Å²) >= 11 is 12.2. The van der Waals surface area contributed by atoms with Gasteiger partial charge >= 0.3 is 11.5 Å². The summed E-state index contributed by atoms with van der Waals surface area (Å²) in [7, 11) is -9.56. The van der Waals surface area contributed by atoms with E-state index in [1.54, 1.807) is 48.5 Å². The number of fused-ring (bicyclic) bond motifs is 2. The van der Waals surface area contributed by atoms with Crippen LogP contribution in [0.3, 0.4) is 0 Å². The standard InChI is InChI=1S/2C12H10ClF2N3O2S/c2*13-8-4-2-1-3-7(8)9-5-6-10-16-12(17-18(9)10)21(19,20)11(14)15/h2*1-4,9,11H,5-6H2/t2*9-/m10/s1. The second-order valence-corrected chi connectivity index (χ2v) is 13.7. The zero-order chi connectivity index (χ0) is 30.4. The molecular formula is C24H20Cl2F4N6O4S2. The highest BCUT2D eigenvalue weighted by Gasteiger charge is 2.37. The fraction of sp³-hybridized carbons (Fsp3) is 0.333. The van der Waals surface area contributed by atoms with E-state index in [0.29, 0.717) is 47.4 Å². The van der Waals surface area contributed by atoms with Crippen molar-refractivity contribution in [3.05, 3.63) is 81.4 Å². The topological polar surface area (TPSA) is 130 Å². The first-order valence-corrected chi connectivity index (χ1v) is 16.1. The molecule has 2 atom stereocenters. The molecule has 0 unspecified atom stereocenters. The van der Waals surface area contributed by atoms with E-state index in [0.717, 1.165) is 11.1 Å². The van der Waals surface area contributed by atoms with Crippen LogP contribution in [0, 0.1) is 0 Å². The van der Waals surface area contributed by atoms with Gasteiger partial charge < -0.3 is 0 Å². The Morgan fingerprint density at radius 1 is 0.667 bits per heavy atom. The van der Waals surface area contributed by atoms with E-state index in [4.69, 9.17) is 23.2 Å². The lowest BCUT2D eigenvalue weighted by Gasteiger charge is -2.13. The molecule has 0 spiro atoms. The van der Waals surface area contributed by atoms with Gasteiger partial charge in [0, 0.05) is 22.9 Å². The second-order valence-electron chi connectivity index (χ2n) is 9.27. The van der Waals surface area contributed by atoms with Crippen molar-refractivity contribution in [2.24, 2.45) is 0 Å². The van der Waals surface area contributed by atoms with Gasteiger partial charge in [-0.1, -0.05) is 59.6 Å². The van der Waals surface area contributed by atoms with Crippen molar-refractivity contribution in [2.75, 3.05) is 0 Å². The molecule has 2 aromatic carbocycles. The van der Waals surface area contributed by atoms with Gasteiger partial charge in [0.1, 0.15) is 11.6 Å². The zero-order valence-corrected chi connectivity index (χ0v) is 24.3. The van der Waals surface area contributed by atoms with Crippen LogP contribution in [0.15, 0.2) is 58.8 Å². The predicted octanol–water partition coefficient (Wildman–Crippen LogP) is 4.93. The fourth-order valence-corrected chi connectivity index (χ4v) is 6.46. The molecule has 2 aromatic heterocycles. The predicted molar refractivity (Wildman–Crippen MR) is 142 cm³/mol. The van der Waals surface area contributed by atoms with Gasteiger partial charge in [-0.2, -0.15) is 17.6 Å². The Morgan fingerprint density at radius 2 is 1.02 bits per heavy atom. The van der Waals surface area contributed by atoms with Gasteiger partial charge in [0.15, 0.2) is 0 Å². The Kier molecular flexibility index (Phi) is 8.35. The summed E-state index contributed by atoms with van der Waals surface area (Å²) in [4.78, 5) is 7.46. The fourth-order valence-electron chi connectivity index (χ4n) is 4.75. The molecule has 0 aliphatic carbocycles. The summed E-state index contributed by atoms with van der Waals surface area (Å²) in [5.74, 6) is -6.31. The van der Waals surface area contributed by atoms with E-state index < -0.39 is 41.5 Å². The SMILES string of the molecule is O=S(=O)(c1nc2n(n1)[C@@H](c1ccccc1Cl)CC2)C(F)F.O=S(=O)(c1nc2n(n1)[C@H](c1ccccc1Cl)CC2)C(F)F. The van der Waals surface area contributed by atoms with Crippen LogP contribution in [-0.2, 0) is 32.5 Å². The molecule has 10 nitrogen and oxygen atoms in total. The number of halogens is 6. The van der Waals surface area contributed by atoms with Crippen LogP contribution in [0.1, 0.15) is 47.7 Å². The van der Waals surface area contributed by atoms with Gasteiger partial charge in [0.2, 0.25) is 0 Å². The highest BCUT2D eigenvalue weighted by Crippen LogP contribution is 2.36. The molecule has 42 heavy (non-hydrogen) atoms. The maximum Gasteiger partial charge on any atom is 0.344 e. The molecule has 4 aromatic rings. The number of sulfone groups is 2. The van der Waals surface area contributed by atoms with Crippen molar-refractivity contribution in [3.63, 3.8) is 0 Å². The number of hydrogen-bond donors (Lipinski definition) is 0. The average Bonchev–Trinajstić information content (AvgIpc) is 3.71. The molecule has 0 fully saturated rings. The molecule has 224 valence electrons. The quantitative estimate of drug-likeness (QED) is 0.265. The normalized spacial score (nSPS) is 18.2. The summed E-state index contributed by atoms with van der Waals surface area (Å²) in [5, 5.41) is 6.90. The van der Waals surface area contributed by atoms with Crippen LogP contribution in [-0.4, -0.2) is 57.9 Å². The van der Waals surface area contributed by atoms with Crippen molar-refractivity contribution in [1.29, 1.82) is 0 Å². The zero-order valence-electron chi connectivity index (χ0n) is 21.2. The maximum absolute atomic E-state index is 12.5. The van der Waals surface area contributed by atoms with Gasteiger partial charge in [-0.05, 0) is 36.1 Å². The van der Waals surface area contributed by atoms with Gasteiger partial charge in [-0.3, -0.25) is 0 Å². The second kappa shape index (κ2) is 11.5. The molecule has 0 saturated carbocycles. The minimum atomic E-state index is -4.78. The highest BCUT2D eigenvalue weighted by atomic mass is 35.5. The van der Waals surface area contributed by atoms with E-state index in [1.807, 2.05) is 0 Å². The summed E-state index contributed by atoms with van der Waals surface area (Å²) in [5.41, 5.74) is 1.53. The Bertz CT molecular complexity index is 1720. The molecule has 0 saturated heterocycles. The summed E-state index contributed by atoms with van der Waals surface area (Å²) < 4.78 is 98.7. The van der Waals surface area contributed by atoms with E-state index in [2.05, 4.69) is 20.2 Å². The van der Waals surface area contributed by atoms with Crippen LogP contribution in [0.2, 0.25) is 10.0 Å². The lowest BCUT2D eigenvalue weighted by atomic mass is 10.1. The molecule has 0 bridgehead atoms. The number of nitrogens with zero attached hydrogens (tertiary/aromatic N) is 6. The van der Waals surface area contributed by atoms with Crippen LogP contribution in [0.5, 0.6) is 0 Å². The van der Waals surface area contributed by atoms with Crippen molar-refractivity contribution in [1.82, 2.24) is 29.5 Å². The summed E-state index contributed by atoms with van der Waals surface area (Å²) in [6.45, 7) is 0. The number of alkyl halides is 4. The van der Waals surface area contributed by atoms with Crippen LogP contribution in [0.25, 0.3) is 0 Å². The molecule has 18 heteroatoms. The Labute approximate surface area is 247 Å². The first kappa shape index (κ1) is 30.4. The minimum Gasteiger partial charge on any atom is -0.241 e. The molecule has 0 amide bonds. The van der Waals surface area contributed by atoms with E-state index in [-0.39, 0.29) is 12.1 Å². The molecule has 0 radical (unpaired) electrons. The van der Waals surface area contributed by atoms with Gasteiger partial charge in [-0.25, -0.2) is 36.2 Å². The molecule has 0 N–H and O–H groups in total. The summed E-state index contributed by atoms with van der Waals surface area (Å²) in [6.07, 6.45) is 2.21. The first-order valence-electron chi connectivity index (χ1n) is 12.3. The highest BCUT2D eigenvalue weighted by molar-refractivity contribution is 7.91. The van der Waals surface area contributed by atoms with Gasteiger partial charge in [0.25, 0.3) is 30.0 Å². The third-order valence-electron chi connectivity index (χ3n) is 6.74. The smallest absolute Gasteiger partial charge is 0.241 e. The largest absolute Gasteiger partial charge is 0.344 e. The van der Waals surface area contributed by atoms with Gasteiger partial charge in [-0.15, -0.1) is 10.2 Å². The number of benzene rings is 2. The van der Waals surface area contributed by atoms with Crippen LogP contribution in [0.4, 0.5) is 17.6 Å². The Morgan fingerprint density at radius 3 is 1.36 bits per heavy atom. The molecule has 4 heterocycles. The number of aryl methyl sites for hydroxylation is 2. The third kappa shape index (κ3) is 5.52. The van der Waals surface area contributed by atoms with Crippen molar-refractivity contribution in [3.8, 4) is 0 Å². The monoisotopic (exact) mass is 666 g/mol. The van der Waals surface area contributed by atoms with E-state index in [1.165, 1.54) is 9.36 Å². The molecular weight excluding hydrogens is 647 g/mol. The molecule has 2 aliphatic rings. The molecule has 6 rings (SSSR count). The van der Waals surface area contributed by atoms with Crippen molar-refractivity contribution < 1.29 is 34.4 Å². The number of rotatable bonds is 6. The minimum absolute atomic E-state index is 0.289. The summed E-state index contributed by atoms with van der Waals surface area (Å²) in [6, 6.07) is 13.6. The van der Waals surface area contributed by atoms with E-state index >= 15 is 0 Å². The van der Waals surface area contributed by atoms with Gasteiger partial charge in [0.05, 0.1) is 12.1 Å². The van der Waals surface area contributed by atoms with Crippen molar-refractivity contribution >= 4 is 42.9 Å². The van der Waals surface area contributed by atoms with Crippen LogP contribution < -0.4 is 0 Å². The van der Waals surface area contributed by atoms with E-state index in [9.17, 15) is 34.4 Å². The van der Waals surface area contributed by atoms with Crippen LogP contribution >= 0.6 is 23.2 Å². The third-order valence-corrected chi connectivity index (χ3v) is 9.74. The number of hydrogen-bond acceptors (Lipinski definition) is 8. The molecule has 2 aliphatic heterocycles. The van der Waals surface area contributed by atoms with Crippen molar-refractivity contribution in [2.45, 2.75) is 59.6 Å². The number of aromatic nitrogens is 6. The lowest BCUT2D eigenvalue weighted by Crippen LogP contribution is -2.15. The Balaban J connectivity index is 0.000000168. The average molecular weight is 667 g/mol.